The summed E-state index contributed by atoms with van der Waals surface area (Å²) in [7, 11) is -0.697. The molecule has 33 heavy (non-hydrogen) atoms. The second-order valence-electron chi connectivity index (χ2n) is 8.53. The van der Waals surface area contributed by atoms with Crippen molar-refractivity contribution in [3.8, 4) is 17.4 Å². The Morgan fingerprint density at radius 1 is 1.18 bits per heavy atom. The number of halogens is 2. The summed E-state index contributed by atoms with van der Waals surface area (Å²) >= 11 is 0.720. The number of pyridine rings is 1. The molecule has 3 heterocycles. The molecule has 0 unspecified atom stereocenters. The Labute approximate surface area is 195 Å². The lowest BCUT2D eigenvalue weighted by Crippen LogP contribution is -2.41. The van der Waals surface area contributed by atoms with Crippen LogP contribution in [0.2, 0.25) is 0 Å². The summed E-state index contributed by atoms with van der Waals surface area (Å²) in [5.74, 6) is -2.97. The molecule has 0 bridgehead atoms. The van der Waals surface area contributed by atoms with Gasteiger partial charge in [-0.25, -0.2) is 23.3 Å². The number of rotatable bonds is 9. The number of hydrogen-bond acceptors (Lipinski definition) is 9. The van der Waals surface area contributed by atoms with E-state index in [1.807, 2.05) is 27.7 Å². The summed E-state index contributed by atoms with van der Waals surface area (Å²) in [5.41, 5.74) is -1.12. The maximum absolute atomic E-state index is 13.0. The smallest absolute Gasteiger partial charge is 0.471 e. The Bertz CT molecular complexity index is 1030. The van der Waals surface area contributed by atoms with Crippen LogP contribution in [0.15, 0.2) is 29.5 Å². The fraction of sp³-hybridized carbons (Fsp3) is 0.550. The van der Waals surface area contributed by atoms with Gasteiger partial charge in [0.2, 0.25) is 18.2 Å². The Morgan fingerprint density at radius 3 is 2.42 bits per heavy atom. The van der Waals surface area contributed by atoms with Crippen LogP contribution in [0.3, 0.4) is 0 Å². The molecule has 2 aromatic heterocycles. The first kappa shape index (κ1) is 25.4. The van der Waals surface area contributed by atoms with Crippen molar-refractivity contribution in [2.45, 2.75) is 58.7 Å². The van der Waals surface area contributed by atoms with Crippen molar-refractivity contribution >= 4 is 24.9 Å². The maximum Gasteiger partial charge on any atom is 0.496 e. The maximum atomic E-state index is 13.0. The Kier molecular flexibility index (Phi) is 7.37. The molecule has 0 amide bonds. The zero-order valence-corrected chi connectivity index (χ0v) is 20.1. The van der Waals surface area contributed by atoms with Crippen LogP contribution >= 0.6 is 12.3 Å². The molecule has 0 radical (unpaired) electrons. The molecule has 180 valence electrons. The zero-order valence-electron chi connectivity index (χ0n) is 19.3. The molecule has 0 aromatic carbocycles. The van der Waals surface area contributed by atoms with E-state index < -0.39 is 36.4 Å². The normalized spacial score (nSPS) is 17.3. The average molecular weight is 485 g/mol. The zero-order chi connectivity index (χ0) is 24.4. The minimum Gasteiger partial charge on any atom is -0.471 e. The Morgan fingerprint density at radius 2 is 1.85 bits per heavy atom. The highest BCUT2D eigenvalue weighted by Crippen LogP contribution is 2.37. The van der Waals surface area contributed by atoms with Gasteiger partial charge in [-0.1, -0.05) is 0 Å². The summed E-state index contributed by atoms with van der Waals surface area (Å²) in [6.07, 6.45) is 2.63. The van der Waals surface area contributed by atoms with E-state index in [2.05, 4.69) is 9.97 Å². The van der Waals surface area contributed by atoms with Crippen LogP contribution in [-0.4, -0.2) is 52.0 Å². The van der Waals surface area contributed by atoms with Crippen molar-refractivity contribution in [1.82, 2.24) is 14.5 Å². The second kappa shape index (κ2) is 9.57. The van der Waals surface area contributed by atoms with Crippen molar-refractivity contribution in [3.63, 3.8) is 0 Å². The van der Waals surface area contributed by atoms with Gasteiger partial charge in [-0.05, 0) is 40.7 Å². The van der Waals surface area contributed by atoms with E-state index in [0.717, 1.165) is 29.3 Å². The van der Waals surface area contributed by atoms with Crippen molar-refractivity contribution in [1.29, 1.82) is 0 Å². The lowest BCUT2D eigenvalue weighted by molar-refractivity contribution is -0.0243. The third kappa shape index (κ3) is 6.02. The number of aromatic nitrogens is 3. The third-order valence-electron chi connectivity index (χ3n) is 5.16. The molecule has 1 aliphatic heterocycles. The van der Waals surface area contributed by atoms with E-state index in [9.17, 15) is 13.6 Å². The number of hydrogen-bond donors (Lipinski definition) is 0. The Hall–Kier alpha value is -2.22. The van der Waals surface area contributed by atoms with E-state index in [1.54, 1.807) is 13.0 Å². The molecular formula is C20H26BF2N3O6S. The van der Waals surface area contributed by atoms with Gasteiger partial charge in [0.15, 0.2) is 18.2 Å². The molecule has 0 aliphatic carbocycles. The lowest BCUT2D eigenvalue weighted by atomic mass is 9.80. The average Bonchev–Trinajstić information content (AvgIpc) is 2.93. The van der Waals surface area contributed by atoms with Crippen molar-refractivity contribution in [2.24, 2.45) is 0 Å². The van der Waals surface area contributed by atoms with Gasteiger partial charge in [-0.3, -0.25) is 8.98 Å². The minimum atomic E-state index is -3.06. The first-order chi connectivity index (χ1) is 15.3. The minimum absolute atomic E-state index is 0.118. The van der Waals surface area contributed by atoms with Crippen molar-refractivity contribution in [2.75, 3.05) is 13.2 Å². The standard InChI is InChI=1S/C20H26BF2N3O6S/c1-7-29-33-30-14-8-13(21-31-18(2,3)19(4,5)32-21)10-24-17(14)26-12-25-15(9-16(26)27)28-11-20(6,22)23/h8-10,12H,7,11H2,1-6H3. The molecule has 1 fully saturated rings. The van der Waals surface area contributed by atoms with Gasteiger partial charge in [-0.15, -0.1) is 0 Å². The van der Waals surface area contributed by atoms with Crippen LogP contribution in [0.4, 0.5) is 8.78 Å². The first-order valence-electron chi connectivity index (χ1n) is 10.2. The van der Waals surface area contributed by atoms with Crippen LogP contribution < -0.4 is 19.9 Å². The molecule has 0 N–H and O–H groups in total. The monoisotopic (exact) mass is 485 g/mol. The Balaban J connectivity index is 1.92. The van der Waals surface area contributed by atoms with E-state index >= 15 is 0 Å². The molecule has 1 saturated heterocycles. The molecule has 3 rings (SSSR count). The van der Waals surface area contributed by atoms with Crippen molar-refractivity contribution < 1.29 is 31.2 Å². The van der Waals surface area contributed by atoms with Crippen LogP contribution in [-0.2, 0) is 13.5 Å². The van der Waals surface area contributed by atoms with Gasteiger partial charge in [0.25, 0.3) is 11.5 Å². The summed E-state index contributed by atoms with van der Waals surface area (Å²) < 4.78 is 54.9. The predicted octanol–water partition coefficient (Wildman–Crippen LogP) is 2.94. The fourth-order valence-corrected chi connectivity index (χ4v) is 3.07. The predicted molar refractivity (Wildman–Crippen MR) is 119 cm³/mol. The molecule has 1 aliphatic rings. The molecule has 0 spiro atoms. The van der Waals surface area contributed by atoms with Gasteiger partial charge < -0.3 is 18.2 Å². The SMILES string of the molecule is CCOSOc1cc(B2OC(C)(C)C(C)(C)O2)cnc1-n1cnc(OCC(C)(F)F)cc1=O. The van der Waals surface area contributed by atoms with Gasteiger partial charge in [-0.2, -0.15) is 0 Å². The number of nitrogens with zero attached hydrogens (tertiary/aromatic N) is 3. The van der Waals surface area contributed by atoms with E-state index in [1.165, 1.54) is 6.20 Å². The molecule has 9 nitrogen and oxygen atoms in total. The lowest BCUT2D eigenvalue weighted by Gasteiger charge is -2.32. The van der Waals surface area contributed by atoms with E-state index in [-0.39, 0.29) is 17.4 Å². The second-order valence-corrected chi connectivity index (χ2v) is 9.07. The molecule has 2 aromatic rings. The summed E-state index contributed by atoms with van der Waals surface area (Å²) in [4.78, 5) is 20.9. The summed E-state index contributed by atoms with van der Waals surface area (Å²) in [6, 6.07) is 2.63. The number of ether oxygens (including phenoxy) is 1. The first-order valence-corrected chi connectivity index (χ1v) is 10.9. The van der Waals surface area contributed by atoms with Gasteiger partial charge >= 0.3 is 7.12 Å². The third-order valence-corrected chi connectivity index (χ3v) is 5.74. The topological polar surface area (TPSA) is 93.9 Å². The van der Waals surface area contributed by atoms with E-state index in [0.29, 0.717) is 19.0 Å². The van der Waals surface area contributed by atoms with Crippen LogP contribution in [0.5, 0.6) is 11.6 Å². The summed E-state index contributed by atoms with van der Waals surface area (Å²) in [5, 5.41) is 0. The fourth-order valence-electron chi connectivity index (χ4n) is 2.73. The number of alkyl halides is 2. The highest BCUT2D eigenvalue weighted by molar-refractivity contribution is 7.90. The molecular weight excluding hydrogens is 459 g/mol. The van der Waals surface area contributed by atoms with Crippen LogP contribution in [0, 0.1) is 0 Å². The van der Waals surface area contributed by atoms with Gasteiger partial charge in [0.1, 0.15) is 6.33 Å². The quantitative estimate of drug-likeness (QED) is 0.302. The van der Waals surface area contributed by atoms with Gasteiger partial charge in [0.05, 0.1) is 23.9 Å². The molecule has 0 saturated carbocycles. The van der Waals surface area contributed by atoms with Crippen LogP contribution in [0.25, 0.3) is 5.82 Å². The van der Waals surface area contributed by atoms with E-state index in [4.69, 9.17) is 22.4 Å². The highest BCUT2D eigenvalue weighted by Gasteiger charge is 2.52. The molecule has 13 heteroatoms. The highest BCUT2D eigenvalue weighted by atomic mass is 32.2. The van der Waals surface area contributed by atoms with Crippen molar-refractivity contribution in [3.05, 3.63) is 35.0 Å². The summed E-state index contributed by atoms with van der Waals surface area (Å²) in [6.45, 7) is 9.72. The molecule has 0 atom stereocenters. The van der Waals surface area contributed by atoms with Crippen LogP contribution in [0.1, 0.15) is 41.5 Å². The largest absolute Gasteiger partial charge is 0.496 e. The van der Waals surface area contributed by atoms with Gasteiger partial charge in [0, 0.05) is 18.6 Å².